The number of rotatable bonds is 2. The van der Waals surface area contributed by atoms with Crippen molar-refractivity contribution in [1.29, 1.82) is 0 Å². The molecule has 0 bridgehead atoms. The van der Waals surface area contributed by atoms with Crippen molar-refractivity contribution in [3.63, 3.8) is 0 Å². The Labute approximate surface area is 110 Å². The Kier molecular flexibility index (Phi) is 3.32. The minimum atomic E-state index is 0.293. The number of hydrogen-bond donors (Lipinski definition) is 1. The molecule has 17 heavy (non-hydrogen) atoms. The third-order valence-corrected chi connectivity index (χ3v) is 6.34. The molecule has 2 atom stereocenters. The summed E-state index contributed by atoms with van der Waals surface area (Å²) in [6, 6.07) is 15.1. The lowest BCUT2D eigenvalue weighted by atomic mass is 10.1. The smallest absolute Gasteiger partial charge is 0.0755 e. The second-order valence-corrected chi connectivity index (χ2v) is 7.06. The largest absolute Gasteiger partial charge is 0.395 e. The maximum Gasteiger partial charge on any atom is 0.0755 e. The molecule has 0 aliphatic carbocycles. The van der Waals surface area contributed by atoms with Gasteiger partial charge in [-0.1, -0.05) is 36.4 Å². The highest BCUT2D eigenvalue weighted by Gasteiger charge is 2.26. The standard InChI is InChI=1S/C14H14OS2/c15-8-13-9-16-14(17-13)12-6-5-10-3-1-2-4-11(10)7-12/h1-7,13-15H,8-9H2. The summed E-state index contributed by atoms with van der Waals surface area (Å²) in [5.74, 6) is 1.05. The molecule has 1 saturated heterocycles. The predicted molar refractivity (Wildman–Crippen MR) is 77.6 cm³/mol. The van der Waals surface area contributed by atoms with Crippen LogP contribution in [0.4, 0.5) is 0 Å². The summed E-state index contributed by atoms with van der Waals surface area (Å²) in [6.45, 7) is 0.293. The van der Waals surface area contributed by atoms with E-state index in [-0.39, 0.29) is 0 Å². The van der Waals surface area contributed by atoms with Crippen molar-refractivity contribution in [2.45, 2.75) is 9.83 Å². The van der Waals surface area contributed by atoms with Crippen LogP contribution < -0.4 is 0 Å². The predicted octanol–water partition coefficient (Wildman–Crippen LogP) is 3.68. The number of aliphatic hydroxyl groups is 1. The van der Waals surface area contributed by atoms with Gasteiger partial charge in [0.25, 0.3) is 0 Å². The number of thioether (sulfide) groups is 2. The topological polar surface area (TPSA) is 20.2 Å². The van der Waals surface area contributed by atoms with Crippen molar-refractivity contribution < 1.29 is 5.11 Å². The van der Waals surface area contributed by atoms with Gasteiger partial charge in [0.2, 0.25) is 0 Å². The molecule has 1 aliphatic heterocycles. The number of fused-ring (bicyclic) bond motifs is 1. The average molecular weight is 262 g/mol. The van der Waals surface area contributed by atoms with Gasteiger partial charge >= 0.3 is 0 Å². The third kappa shape index (κ3) is 2.32. The summed E-state index contributed by atoms with van der Waals surface area (Å²) in [5.41, 5.74) is 1.37. The molecule has 3 rings (SSSR count). The summed E-state index contributed by atoms with van der Waals surface area (Å²) in [4.78, 5) is 0. The van der Waals surface area contributed by atoms with Gasteiger partial charge in [-0.25, -0.2) is 0 Å². The summed E-state index contributed by atoms with van der Waals surface area (Å²) >= 11 is 3.82. The number of benzene rings is 2. The van der Waals surface area contributed by atoms with Gasteiger partial charge in [-0.05, 0) is 22.4 Å². The van der Waals surface area contributed by atoms with Gasteiger partial charge in [0, 0.05) is 11.0 Å². The Morgan fingerprint density at radius 1 is 1.12 bits per heavy atom. The minimum Gasteiger partial charge on any atom is -0.395 e. The number of aliphatic hydroxyl groups excluding tert-OH is 1. The van der Waals surface area contributed by atoms with Crippen LogP contribution in [0.25, 0.3) is 10.8 Å². The first-order chi connectivity index (χ1) is 8.36. The van der Waals surface area contributed by atoms with Gasteiger partial charge in [-0.3, -0.25) is 0 Å². The fourth-order valence-electron chi connectivity index (χ4n) is 2.07. The van der Waals surface area contributed by atoms with E-state index in [1.165, 1.54) is 16.3 Å². The Bertz CT molecular complexity index is 526. The van der Waals surface area contributed by atoms with E-state index in [1.54, 1.807) is 0 Å². The minimum absolute atomic E-state index is 0.293. The van der Waals surface area contributed by atoms with Gasteiger partial charge in [0.05, 0.1) is 11.2 Å². The Balaban J connectivity index is 1.91. The molecule has 2 aromatic rings. The fraction of sp³-hybridized carbons (Fsp3) is 0.286. The molecular formula is C14H14OS2. The van der Waals surface area contributed by atoms with E-state index >= 15 is 0 Å². The summed E-state index contributed by atoms with van der Waals surface area (Å²) < 4.78 is 0.483. The van der Waals surface area contributed by atoms with Crippen molar-refractivity contribution in [2.24, 2.45) is 0 Å². The first-order valence-corrected chi connectivity index (χ1v) is 7.72. The molecule has 2 unspecified atom stereocenters. The zero-order chi connectivity index (χ0) is 11.7. The first kappa shape index (κ1) is 11.5. The van der Waals surface area contributed by atoms with E-state index < -0.39 is 0 Å². The summed E-state index contributed by atoms with van der Waals surface area (Å²) in [7, 11) is 0. The molecule has 0 saturated carbocycles. The first-order valence-electron chi connectivity index (χ1n) is 5.73. The van der Waals surface area contributed by atoms with E-state index in [0.717, 1.165) is 5.75 Å². The van der Waals surface area contributed by atoms with E-state index in [4.69, 9.17) is 5.11 Å². The normalized spacial score (nSPS) is 24.3. The van der Waals surface area contributed by atoms with Gasteiger partial charge in [-0.15, -0.1) is 23.5 Å². The fourth-order valence-corrected chi connectivity index (χ4v) is 5.22. The van der Waals surface area contributed by atoms with Crippen LogP contribution in [0.15, 0.2) is 42.5 Å². The summed E-state index contributed by atoms with van der Waals surface area (Å²) in [5, 5.41) is 12.2. The lowest BCUT2D eigenvalue weighted by Gasteiger charge is -2.10. The van der Waals surface area contributed by atoms with Crippen LogP contribution in [0.3, 0.4) is 0 Å². The van der Waals surface area contributed by atoms with Crippen molar-refractivity contribution in [3.8, 4) is 0 Å². The van der Waals surface area contributed by atoms with Gasteiger partial charge in [0.1, 0.15) is 0 Å². The molecule has 0 aromatic heterocycles. The van der Waals surface area contributed by atoms with E-state index in [1.807, 2.05) is 23.5 Å². The van der Waals surface area contributed by atoms with Crippen LogP contribution in [0, 0.1) is 0 Å². The molecular weight excluding hydrogens is 248 g/mol. The van der Waals surface area contributed by atoms with E-state index in [9.17, 15) is 0 Å². The highest BCUT2D eigenvalue weighted by molar-refractivity contribution is 8.19. The van der Waals surface area contributed by atoms with Crippen LogP contribution >= 0.6 is 23.5 Å². The van der Waals surface area contributed by atoms with Crippen molar-refractivity contribution in [1.82, 2.24) is 0 Å². The molecule has 88 valence electrons. The molecule has 2 aromatic carbocycles. The van der Waals surface area contributed by atoms with Gasteiger partial charge < -0.3 is 5.11 Å². The molecule has 3 heteroatoms. The zero-order valence-electron chi connectivity index (χ0n) is 9.37. The summed E-state index contributed by atoms with van der Waals surface area (Å²) in [6.07, 6.45) is 0. The lowest BCUT2D eigenvalue weighted by molar-refractivity contribution is 0.301. The average Bonchev–Trinajstić information content (AvgIpc) is 2.87. The van der Waals surface area contributed by atoms with Crippen LogP contribution in [0.2, 0.25) is 0 Å². The highest BCUT2D eigenvalue weighted by atomic mass is 32.2. The maximum absolute atomic E-state index is 9.17. The van der Waals surface area contributed by atoms with Crippen LogP contribution in [0.5, 0.6) is 0 Å². The molecule has 1 heterocycles. The number of hydrogen-bond acceptors (Lipinski definition) is 3. The molecule has 0 spiro atoms. The van der Waals surface area contributed by atoms with Crippen LogP contribution in [-0.4, -0.2) is 22.7 Å². The third-order valence-electron chi connectivity index (χ3n) is 3.00. The zero-order valence-corrected chi connectivity index (χ0v) is 11.0. The Hall–Kier alpha value is -0.640. The van der Waals surface area contributed by atoms with Crippen LogP contribution in [-0.2, 0) is 0 Å². The van der Waals surface area contributed by atoms with E-state index in [0.29, 0.717) is 16.4 Å². The highest BCUT2D eigenvalue weighted by Crippen LogP contribution is 2.49. The lowest BCUT2D eigenvalue weighted by Crippen LogP contribution is -2.05. The maximum atomic E-state index is 9.17. The van der Waals surface area contributed by atoms with Crippen molar-refractivity contribution in [3.05, 3.63) is 48.0 Å². The molecule has 0 radical (unpaired) electrons. The monoisotopic (exact) mass is 262 g/mol. The van der Waals surface area contributed by atoms with Gasteiger partial charge in [-0.2, -0.15) is 0 Å². The second-order valence-electron chi connectivity index (χ2n) is 4.21. The molecule has 1 fully saturated rings. The van der Waals surface area contributed by atoms with E-state index in [2.05, 4.69) is 42.5 Å². The Morgan fingerprint density at radius 2 is 1.94 bits per heavy atom. The van der Waals surface area contributed by atoms with Crippen molar-refractivity contribution in [2.75, 3.05) is 12.4 Å². The molecule has 0 amide bonds. The SMILES string of the molecule is OCC1CSC(c2ccc3ccccc3c2)S1. The molecule has 1 aliphatic rings. The van der Waals surface area contributed by atoms with Crippen molar-refractivity contribution >= 4 is 34.3 Å². The molecule has 1 N–H and O–H groups in total. The quantitative estimate of drug-likeness (QED) is 0.891. The second kappa shape index (κ2) is 4.92. The van der Waals surface area contributed by atoms with Crippen LogP contribution in [0.1, 0.15) is 10.1 Å². The Morgan fingerprint density at radius 3 is 2.71 bits per heavy atom. The van der Waals surface area contributed by atoms with Gasteiger partial charge in [0.15, 0.2) is 0 Å². The molecule has 1 nitrogen and oxygen atoms in total.